The highest BCUT2D eigenvalue weighted by atomic mass is 32.2. The summed E-state index contributed by atoms with van der Waals surface area (Å²) in [6.07, 6.45) is 0. The number of aryl methyl sites for hydroxylation is 1. The smallest absolute Gasteiger partial charge is 0.308 e. The summed E-state index contributed by atoms with van der Waals surface area (Å²) in [7, 11) is -3.74. The number of rotatable bonds is 3. The van der Waals surface area contributed by atoms with E-state index < -0.39 is 16.1 Å². The minimum Gasteiger partial charge on any atom is -0.308 e. The molecule has 4 N–H and O–H groups in total. The van der Waals surface area contributed by atoms with Crippen LogP contribution < -0.4 is 15.8 Å². The highest BCUT2D eigenvalue weighted by Crippen LogP contribution is 2.18. The van der Waals surface area contributed by atoms with E-state index in [2.05, 4.69) is 10.6 Å². The largest absolute Gasteiger partial charge is 0.323 e. The first kappa shape index (κ1) is 16.0. The minimum atomic E-state index is -3.74. The molecule has 116 valence electrons. The molecule has 0 atom stereocenters. The number of benzene rings is 2. The van der Waals surface area contributed by atoms with Gasteiger partial charge in [-0.3, -0.25) is 0 Å². The van der Waals surface area contributed by atoms with Crippen LogP contribution in [0, 0.1) is 13.8 Å². The molecular weight excluding hydrogens is 302 g/mol. The van der Waals surface area contributed by atoms with E-state index in [1.165, 1.54) is 24.3 Å². The molecule has 2 rings (SSSR count). The number of amides is 2. The Labute approximate surface area is 129 Å². The lowest BCUT2D eigenvalue weighted by atomic mass is 10.1. The number of primary sulfonamides is 1. The number of nitrogens with one attached hydrogen (secondary N) is 2. The molecule has 0 aliphatic heterocycles. The maximum absolute atomic E-state index is 12.0. The normalized spacial score (nSPS) is 11.0. The molecule has 2 aromatic carbocycles. The Hall–Kier alpha value is -2.38. The third kappa shape index (κ3) is 3.84. The van der Waals surface area contributed by atoms with Crippen molar-refractivity contribution >= 4 is 27.4 Å². The molecule has 0 radical (unpaired) electrons. The number of anilines is 2. The lowest BCUT2D eigenvalue weighted by molar-refractivity contribution is 0.262. The van der Waals surface area contributed by atoms with Crippen LogP contribution in [-0.4, -0.2) is 14.4 Å². The van der Waals surface area contributed by atoms with E-state index in [0.29, 0.717) is 5.69 Å². The Morgan fingerprint density at radius 2 is 1.64 bits per heavy atom. The molecule has 0 aromatic heterocycles. The van der Waals surface area contributed by atoms with Gasteiger partial charge in [-0.05, 0) is 55.3 Å². The lowest BCUT2D eigenvalue weighted by Crippen LogP contribution is -2.20. The van der Waals surface area contributed by atoms with Gasteiger partial charge in [-0.2, -0.15) is 0 Å². The van der Waals surface area contributed by atoms with Crippen LogP contribution in [0.2, 0.25) is 0 Å². The third-order valence-corrected chi connectivity index (χ3v) is 4.22. The van der Waals surface area contributed by atoms with Crippen molar-refractivity contribution < 1.29 is 13.2 Å². The molecule has 0 aliphatic carbocycles. The molecule has 2 aromatic rings. The molecule has 0 saturated heterocycles. The van der Waals surface area contributed by atoms with Crippen LogP contribution in [-0.2, 0) is 10.0 Å². The van der Waals surface area contributed by atoms with Gasteiger partial charge < -0.3 is 10.6 Å². The van der Waals surface area contributed by atoms with E-state index >= 15 is 0 Å². The molecule has 0 unspecified atom stereocenters. The molecule has 0 saturated carbocycles. The van der Waals surface area contributed by atoms with Gasteiger partial charge in [-0.15, -0.1) is 0 Å². The Morgan fingerprint density at radius 1 is 1.00 bits per heavy atom. The summed E-state index contributed by atoms with van der Waals surface area (Å²) in [6.45, 7) is 3.89. The quantitative estimate of drug-likeness (QED) is 0.810. The Kier molecular flexibility index (Phi) is 4.48. The summed E-state index contributed by atoms with van der Waals surface area (Å²) in [4.78, 5) is 12.0. The highest BCUT2D eigenvalue weighted by molar-refractivity contribution is 7.89. The predicted molar refractivity (Wildman–Crippen MR) is 86.4 cm³/mol. The van der Waals surface area contributed by atoms with Crippen molar-refractivity contribution in [2.24, 2.45) is 5.14 Å². The Morgan fingerprint density at radius 3 is 2.23 bits per heavy atom. The summed E-state index contributed by atoms with van der Waals surface area (Å²) >= 11 is 0. The van der Waals surface area contributed by atoms with Gasteiger partial charge in [-0.25, -0.2) is 18.4 Å². The third-order valence-electron chi connectivity index (χ3n) is 3.29. The van der Waals surface area contributed by atoms with Gasteiger partial charge in [-0.1, -0.05) is 12.1 Å². The van der Waals surface area contributed by atoms with E-state index in [0.717, 1.165) is 16.8 Å². The highest BCUT2D eigenvalue weighted by Gasteiger charge is 2.09. The van der Waals surface area contributed by atoms with Crippen LogP contribution in [0.1, 0.15) is 11.1 Å². The predicted octanol–water partition coefficient (Wildman–Crippen LogP) is 2.59. The van der Waals surface area contributed by atoms with Gasteiger partial charge in [0.2, 0.25) is 10.0 Å². The van der Waals surface area contributed by atoms with Gasteiger partial charge in [0.1, 0.15) is 0 Å². The topological polar surface area (TPSA) is 101 Å². The summed E-state index contributed by atoms with van der Waals surface area (Å²) in [5.74, 6) is 0. The first-order valence-corrected chi connectivity index (χ1v) is 8.09. The average molecular weight is 319 g/mol. The number of sulfonamides is 1. The van der Waals surface area contributed by atoms with Crippen LogP contribution in [0.3, 0.4) is 0 Å². The fourth-order valence-corrected chi connectivity index (χ4v) is 2.41. The summed E-state index contributed by atoms with van der Waals surface area (Å²) < 4.78 is 22.3. The summed E-state index contributed by atoms with van der Waals surface area (Å²) in [5, 5.41) is 10.4. The molecule has 6 nitrogen and oxygen atoms in total. The SMILES string of the molecule is Cc1cccc(NC(=O)Nc2ccc(S(N)(=O)=O)cc2)c1C. The molecule has 7 heteroatoms. The zero-order valence-corrected chi connectivity index (χ0v) is 13.1. The second-order valence-electron chi connectivity index (χ2n) is 4.90. The monoisotopic (exact) mass is 319 g/mol. The fourth-order valence-electron chi connectivity index (χ4n) is 1.90. The van der Waals surface area contributed by atoms with Crippen molar-refractivity contribution in [2.45, 2.75) is 18.7 Å². The standard InChI is InChI=1S/C15H17N3O3S/c1-10-4-3-5-14(11(10)2)18-15(19)17-12-6-8-13(9-7-12)22(16,20)21/h3-9H,1-2H3,(H2,16,20,21)(H2,17,18,19). The molecule has 2 amide bonds. The van der Waals surface area contributed by atoms with Crippen LogP contribution in [0.15, 0.2) is 47.4 Å². The van der Waals surface area contributed by atoms with Gasteiger partial charge in [0, 0.05) is 11.4 Å². The van der Waals surface area contributed by atoms with E-state index in [1.54, 1.807) is 0 Å². The van der Waals surface area contributed by atoms with Gasteiger partial charge >= 0.3 is 6.03 Å². The Balaban J connectivity index is 2.08. The number of urea groups is 1. The van der Waals surface area contributed by atoms with Crippen molar-refractivity contribution in [3.63, 3.8) is 0 Å². The molecular formula is C15H17N3O3S. The summed E-state index contributed by atoms with van der Waals surface area (Å²) in [6, 6.07) is 10.9. The second kappa shape index (κ2) is 6.17. The number of carbonyl (C=O) groups is 1. The molecule has 0 aliphatic rings. The first-order valence-electron chi connectivity index (χ1n) is 6.54. The zero-order valence-electron chi connectivity index (χ0n) is 12.3. The van der Waals surface area contributed by atoms with Crippen molar-refractivity contribution in [1.82, 2.24) is 0 Å². The zero-order chi connectivity index (χ0) is 16.3. The summed E-state index contributed by atoms with van der Waals surface area (Å²) in [5.41, 5.74) is 3.26. The van der Waals surface area contributed by atoms with E-state index in [1.807, 2.05) is 32.0 Å². The number of hydrogen-bond donors (Lipinski definition) is 3. The van der Waals surface area contributed by atoms with Crippen LogP contribution in [0.25, 0.3) is 0 Å². The van der Waals surface area contributed by atoms with Crippen molar-refractivity contribution in [2.75, 3.05) is 10.6 Å². The van der Waals surface area contributed by atoms with Gasteiger partial charge in [0.25, 0.3) is 0 Å². The first-order chi connectivity index (χ1) is 10.3. The average Bonchev–Trinajstić information content (AvgIpc) is 2.43. The van der Waals surface area contributed by atoms with Crippen LogP contribution in [0.5, 0.6) is 0 Å². The number of hydrogen-bond acceptors (Lipinski definition) is 3. The maximum atomic E-state index is 12.0. The van der Waals surface area contributed by atoms with Crippen LogP contribution >= 0.6 is 0 Å². The van der Waals surface area contributed by atoms with E-state index in [-0.39, 0.29) is 4.90 Å². The minimum absolute atomic E-state index is 0.00649. The van der Waals surface area contributed by atoms with E-state index in [9.17, 15) is 13.2 Å². The van der Waals surface area contributed by atoms with Crippen LogP contribution in [0.4, 0.5) is 16.2 Å². The van der Waals surface area contributed by atoms with Crippen molar-refractivity contribution in [1.29, 1.82) is 0 Å². The second-order valence-corrected chi connectivity index (χ2v) is 6.46. The number of nitrogens with two attached hydrogens (primary N) is 1. The van der Waals surface area contributed by atoms with Gasteiger partial charge in [0.05, 0.1) is 4.90 Å². The lowest BCUT2D eigenvalue weighted by Gasteiger charge is -2.11. The fraction of sp³-hybridized carbons (Fsp3) is 0.133. The maximum Gasteiger partial charge on any atom is 0.323 e. The van der Waals surface area contributed by atoms with E-state index in [4.69, 9.17) is 5.14 Å². The Bertz CT molecular complexity index is 799. The molecule has 0 spiro atoms. The number of carbonyl (C=O) groups excluding carboxylic acids is 1. The van der Waals surface area contributed by atoms with Crippen molar-refractivity contribution in [3.8, 4) is 0 Å². The molecule has 0 fully saturated rings. The molecule has 0 bridgehead atoms. The molecule has 22 heavy (non-hydrogen) atoms. The van der Waals surface area contributed by atoms with Gasteiger partial charge in [0.15, 0.2) is 0 Å². The molecule has 0 heterocycles. The van der Waals surface area contributed by atoms with Crippen molar-refractivity contribution in [3.05, 3.63) is 53.6 Å².